The minimum Gasteiger partial charge on any atom is -0.462 e. The lowest BCUT2D eigenvalue weighted by atomic mass is 10.1. The summed E-state index contributed by atoms with van der Waals surface area (Å²) in [7, 11) is -4.43. The molecule has 0 bridgehead atoms. The molecule has 0 saturated heterocycles. The van der Waals surface area contributed by atoms with Gasteiger partial charge in [-0.1, -0.05) is 131 Å². The minimum absolute atomic E-state index is 0.0199. The Morgan fingerprint density at radius 2 is 1.24 bits per heavy atom. The number of carbonyl (C=O) groups is 2. The first kappa shape index (κ1) is 51.1. The van der Waals surface area contributed by atoms with Gasteiger partial charge in [0.1, 0.15) is 6.61 Å². The maximum atomic E-state index is 12.5. The smallest absolute Gasteiger partial charge is 0.462 e. The van der Waals surface area contributed by atoms with E-state index >= 15 is 0 Å². The fourth-order valence-corrected chi connectivity index (χ4v) is 5.63. The summed E-state index contributed by atoms with van der Waals surface area (Å²) < 4.78 is 32.5. The molecule has 0 heterocycles. The molecule has 0 aliphatic rings. The Kier molecular flexibility index (Phi) is 36.4. The summed E-state index contributed by atoms with van der Waals surface area (Å²) in [5.41, 5.74) is 5.33. The van der Waals surface area contributed by atoms with E-state index < -0.39 is 38.6 Å². The first-order chi connectivity index (χ1) is 26.2. The SMILES string of the molecule is CC/C=C\C/C=C\C/C=C\CCCCCCCC(=O)O[C@H](COC(=O)CCC[C@H](O)/C=C/C=C\C/C=C\C/C=C\CCCCC)COP(=O)(O)OCCN. The Hall–Kier alpha value is -2.85. The molecule has 0 aliphatic heterocycles. The van der Waals surface area contributed by atoms with Crippen molar-refractivity contribution in [3.8, 4) is 0 Å². The first-order valence-corrected chi connectivity index (χ1v) is 21.7. The largest absolute Gasteiger partial charge is 0.472 e. The summed E-state index contributed by atoms with van der Waals surface area (Å²) in [6.07, 6.45) is 43.6. The maximum absolute atomic E-state index is 12.5. The number of ether oxygens (including phenoxy) is 2. The van der Waals surface area contributed by atoms with Gasteiger partial charge in [0.2, 0.25) is 0 Å². The molecule has 0 fully saturated rings. The molecule has 4 N–H and O–H groups in total. The zero-order valence-corrected chi connectivity index (χ0v) is 34.2. The van der Waals surface area contributed by atoms with Crippen LogP contribution in [0.3, 0.4) is 0 Å². The van der Waals surface area contributed by atoms with Crippen LogP contribution in [0.25, 0.3) is 0 Å². The summed E-state index contributed by atoms with van der Waals surface area (Å²) in [5.74, 6) is -1.06. The van der Waals surface area contributed by atoms with Crippen molar-refractivity contribution in [3.63, 3.8) is 0 Å². The van der Waals surface area contributed by atoms with Crippen LogP contribution in [0.4, 0.5) is 0 Å². The van der Waals surface area contributed by atoms with Crippen LogP contribution < -0.4 is 5.73 Å². The van der Waals surface area contributed by atoms with Crippen molar-refractivity contribution < 1.29 is 42.7 Å². The second kappa shape index (κ2) is 38.4. The molecular weight excluding hydrogens is 705 g/mol. The van der Waals surface area contributed by atoms with Crippen molar-refractivity contribution >= 4 is 19.8 Å². The summed E-state index contributed by atoms with van der Waals surface area (Å²) in [6, 6.07) is 0. The van der Waals surface area contributed by atoms with Crippen LogP contribution in [0.2, 0.25) is 0 Å². The predicted octanol–water partition coefficient (Wildman–Crippen LogP) is 10.2. The highest BCUT2D eigenvalue weighted by atomic mass is 31.2. The van der Waals surface area contributed by atoms with E-state index in [-0.39, 0.29) is 32.6 Å². The summed E-state index contributed by atoms with van der Waals surface area (Å²) in [6.45, 7) is 3.31. The molecule has 0 amide bonds. The van der Waals surface area contributed by atoms with E-state index in [4.69, 9.17) is 24.3 Å². The van der Waals surface area contributed by atoms with Gasteiger partial charge in [0.25, 0.3) is 0 Å². The van der Waals surface area contributed by atoms with Crippen LogP contribution in [0.1, 0.15) is 136 Å². The number of phosphoric acid groups is 1. The quantitative estimate of drug-likeness (QED) is 0.0184. The van der Waals surface area contributed by atoms with Gasteiger partial charge in [-0.3, -0.25) is 18.6 Å². The van der Waals surface area contributed by atoms with Crippen LogP contribution in [-0.4, -0.2) is 60.5 Å². The molecule has 0 aromatic carbocycles. The summed E-state index contributed by atoms with van der Waals surface area (Å²) in [5, 5.41) is 10.2. The number of hydrogen-bond acceptors (Lipinski definition) is 9. The molecule has 0 radical (unpaired) electrons. The number of rotatable bonds is 36. The Labute approximate surface area is 326 Å². The van der Waals surface area contributed by atoms with Gasteiger partial charge < -0.3 is 25.2 Å². The number of unbranched alkanes of at least 4 members (excludes halogenated alkanes) is 8. The van der Waals surface area contributed by atoms with Crippen molar-refractivity contribution in [1.29, 1.82) is 0 Å². The van der Waals surface area contributed by atoms with Gasteiger partial charge in [-0.2, -0.15) is 0 Å². The van der Waals surface area contributed by atoms with Crippen molar-refractivity contribution in [2.75, 3.05) is 26.4 Å². The molecule has 0 saturated carbocycles. The zero-order chi connectivity index (χ0) is 39.8. The molecule has 0 rings (SSSR count). The predicted molar refractivity (Wildman–Crippen MR) is 221 cm³/mol. The van der Waals surface area contributed by atoms with Crippen LogP contribution in [0.5, 0.6) is 0 Å². The number of phosphoric ester groups is 1. The van der Waals surface area contributed by atoms with Crippen LogP contribution in [0, 0.1) is 0 Å². The average molecular weight is 778 g/mol. The lowest BCUT2D eigenvalue weighted by Gasteiger charge is -2.20. The third-order valence-electron chi connectivity index (χ3n) is 7.87. The van der Waals surface area contributed by atoms with E-state index in [1.807, 2.05) is 12.2 Å². The van der Waals surface area contributed by atoms with E-state index in [2.05, 4.69) is 74.6 Å². The van der Waals surface area contributed by atoms with Crippen molar-refractivity contribution in [1.82, 2.24) is 0 Å². The standard InChI is InChI=1S/C43H72NO9P/c1-3-5-7-9-11-13-15-17-18-20-22-24-26-28-30-34-43(47)53-41(39-52-54(48,49)51-37-36-44)38-50-42(46)35-31-33-40(45)32-29-27-25-23-21-19-16-14-12-10-8-6-4-2/h5,7,11-14,17-19,21,25,27,29,32,40-41,45H,3-4,6,8-10,15-16,20,22-24,26,28,30-31,33-39,44H2,1-2H3,(H,48,49)/b7-5-,13-11-,14-12-,18-17-,21-19-,27-25-,32-29+/t40-,41-/m1/s1. The second-order valence-corrected chi connectivity index (χ2v) is 14.4. The maximum Gasteiger partial charge on any atom is 0.472 e. The number of allylic oxidation sites excluding steroid dienone is 13. The molecule has 10 nitrogen and oxygen atoms in total. The van der Waals surface area contributed by atoms with Gasteiger partial charge >= 0.3 is 19.8 Å². The number of esters is 2. The molecule has 0 aromatic rings. The first-order valence-electron chi connectivity index (χ1n) is 20.2. The zero-order valence-electron chi connectivity index (χ0n) is 33.3. The number of aliphatic hydroxyl groups excluding tert-OH is 1. The van der Waals surface area contributed by atoms with Crippen molar-refractivity contribution in [2.24, 2.45) is 5.73 Å². The molecule has 11 heteroatoms. The van der Waals surface area contributed by atoms with Gasteiger partial charge in [-0.15, -0.1) is 0 Å². The molecule has 1 unspecified atom stereocenters. The van der Waals surface area contributed by atoms with E-state index in [1.165, 1.54) is 19.3 Å². The number of hydrogen-bond donors (Lipinski definition) is 3. The second-order valence-electron chi connectivity index (χ2n) is 13.0. The van der Waals surface area contributed by atoms with Crippen LogP contribution >= 0.6 is 7.82 Å². The van der Waals surface area contributed by atoms with E-state index in [0.29, 0.717) is 19.3 Å². The molecule has 308 valence electrons. The summed E-state index contributed by atoms with van der Waals surface area (Å²) in [4.78, 5) is 34.8. The van der Waals surface area contributed by atoms with Gasteiger partial charge in [-0.05, 0) is 77.0 Å². The van der Waals surface area contributed by atoms with Gasteiger partial charge in [0.05, 0.1) is 19.3 Å². The highest BCUT2D eigenvalue weighted by molar-refractivity contribution is 7.47. The highest BCUT2D eigenvalue weighted by Crippen LogP contribution is 2.43. The monoisotopic (exact) mass is 777 g/mol. The van der Waals surface area contributed by atoms with Gasteiger partial charge in [0.15, 0.2) is 6.10 Å². The fraction of sp³-hybridized carbons (Fsp3) is 0.628. The normalized spacial score (nSPS) is 14.8. The molecule has 0 aromatic heterocycles. The Morgan fingerprint density at radius 1 is 0.667 bits per heavy atom. The number of nitrogens with two attached hydrogens (primary N) is 1. The van der Waals surface area contributed by atoms with Gasteiger partial charge in [0, 0.05) is 19.4 Å². The Morgan fingerprint density at radius 3 is 1.89 bits per heavy atom. The van der Waals surface area contributed by atoms with Crippen molar-refractivity contribution in [2.45, 2.75) is 148 Å². The summed E-state index contributed by atoms with van der Waals surface area (Å²) >= 11 is 0. The number of aliphatic hydroxyl groups is 1. The Bertz CT molecular complexity index is 1180. The fourth-order valence-electron chi connectivity index (χ4n) is 4.87. The lowest BCUT2D eigenvalue weighted by molar-refractivity contribution is -0.161. The lowest BCUT2D eigenvalue weighted by Crippen LogP contribution is -2.29. The molecular formula is C43H72NO9P. The third-order valence-corrected chi connectivity index (χ3v) is 8.85. The van der Waals surface area contributed by atoms with E-state index in [9.17, 15) is 24.2 Å². The number of carbonyl (C=O) groups excluding carboxylic acids is 2. The van der Waals surface area contributed by atoms with Crippen molar-refractivity contribution in [3.05, 3.63) is 85.1 Å². The average Bonchev–Trinajstić information content (AvgIpc) is 3.15. The Balaban J connectivity index is 4.44. The topological polar surface area (TPSA) is 155 Å². The van der Waals surface area contributed by atoms with Crippen LogP contribution in [0.15, 0.2) is 85.1 Å². The van der Waals surface area contributed by atoms with E-state index in [0.717, 1.165) is 70.6 Å². The van der Waals surface area contributed by atoms with E-state index in [1.54, 1.807) is 12.2 Å². The van der Waals surface area contributed by atoms with Crippen LogP contribution in [-0.2, 0) is 32.7 Å². The highest BCUT2D eigenvalue weighted by Gasteiger charge is 2.26. The third kappa shape index (κ3) is 37.5. The molecule has 3 atom stereocenters. The van der Waals surface area contributed by atoms with Gasteiger partial charge in [-0.25, -0.2) is 4.57 Å². The molecule has 0 spiro atoms. The minimum atomic E-state index is -4.43. The molecule has 54 heavy (non-hydrogen) atoms. The molecule has 0 aliphatic carbocycles.